The number of ether oxygens (including phenoxy) is 1. The zero-order valence-corrected chi connectivity index (χ0v) is 17.3. The van der Waals surface area contributed by atoms with Crippen molar-refractivity contribution in [3.8, 4) is 0 Å². The molecule has 0 aliphatic carbocycles. The van der Waals surface area contributed by atoms with Gasteiger partial charge in [0.2, 0.25) is 0 Å². The highest BCUT2D eigenvalue weighted by atomic mass is 16.5. The molecular weight excluding hydrogens is 348 g/mol. The molecule has 4 heteroatoms. The van der Waals surface area contributed by atoms with Gasteiger partial charge in [0.25, 0.3) is 5.91 Å². The van der Waals surface area contributed by atoms with Crippen molar-refractivity contribution < 1.29 is 9.53 Å². The molecule has 0 unspecified atom stereocenters. The zero-order chi connectivity index (χ0) is 19.9. The number of carbonyl (C=O) groups excluding carboxylic acids is 1. The molecule has 1 aliphatic rings. The number of amides is 1. The molecule has 1 fully saturated rings. The van der Waals surface area contributed by atoms with Gasteiger partial charge in [0, 0.05) is 36.9 Å². The van der Waals surface area contributed by atoms with Crippen LogP contribution in [0.5, 0.6) is 0 Å². The second-order valence-electron chi connectivity index (χ2n) is 7.71. The molecule has 0 radical (unpaired) electrons. The fourth-order valence-electron chi connectivity index (χ4n) is 3.84. The Balaban J connectivity index is 1.50. The van der Waals surface area contributed by atoms with Gasteiger partial charge in [-0.2, -0.15) is 0 Å². The van der Waals surface area contributed by atoms with Crippen LogP contribution in [0.2, 0.25) is 0 Å². The predicted molar refractivity (Wildman–Crippen MR) is 115 cm³/mol. The minimum atomic E-state index is 0.126. The Morgan fingerprint density at radius 3 is 2.29 bits per heavy atom. The van der Waals surface area contributed by atoms with Crippen LogP contribution in [0.25, 0.3) is 0 Å². The van der Waals surface area contributed by atoms with E-state index in [0.717, 1.165) is 38.0 Å². The van der Waals surface area contributed by atoms with E-state index in [1.165, 1.54) is 11.3 Å². The Kier molecular flexibility index (Phi) is 7.10. The lowest BCUT2D eigenvalue weighted by molar-refractivity contribution is -0.000378. The molecule has 0 atom stereocenters. The molecule has 0 aromatic heterocycles. The highest BCUT2D eigenvalue weighted by Crippen LogP contribution is 2.21. The maximum atomic E-state index is 12.8. The number of piperidine rings is 1. The summed E-state index contributed by atoms with van der Waals surface area (Å²) in [6.07, 6.45) is 2.03. The summed E-state index contributed by atoms with van der Waals surface area (Å²) in [5.74, 6) is 0.126. The van der Waals surface area contributed by atoms with Crippen LogP contribution in [0.3, 0.4) is 0 Å². The van der Waals surface area contributed by atoms with E-state index in [4.69, 9.17) is 4.74 Å². The van der Waals surface area contributed by atoms with E-state index in [9.17, 15) is 4.79 Å². The van der Waals surface area contributed by atoms with Crippen molar-refractivity contribution in [2.24, 2.45) is 0 Å². The summed E-state index contributed by atoms with van der Waals surface area (Å²) in [6.45, 7) is 9.65. The minimum Gasteiger partial charge on any atom is -0.373 e. The number of carbonyl (C=O) groups is 1. The molecule has 2 aromatic carbocycles. The molecule has 0 bridgehead atoms. The molecule has 1 heterocycles. The molecule has 0 spiro atoms. The SMILES string of the molecule is CCN(c1ccc(C(=O)N2CCC(OCc3ccccc3)CC2)cc1)C(C)C. The fourth-order valence-corrected chi connectivity index (χ4v) is 3.84. The zero-order valence-electron chi connectivity index (χ0n) is 17.3. The van der Waals surface area contributed by atoms with E-state index in [1.54, 1.807) is 0 Å². The highest BCUT2D eigenvalue weighted by Gasteiger charge is 2.24. The molecular formula is C24H32N2O2. The Hall–Kier alpha value is -2.33. The summed E-state index contributed by atoms with van der Waals surface area (Å²) in [5, 5.41) is 0. The lowest BCUT2D eigenvalue weighted by Gasteiger charge is -2.32. The van der Waals surface area contributed by atoms with E-state index in [1.807, 2.05) is 35.2 Å². The minimum absolute atomic E-state index is 0.126. The molecule has 4 nitrogen and oxygen atoms in total. The van der Waals surface area contributed by atoms with E-state index < -0.39 is 0 Å². The Labute approximate surface area is 169 Å². The van der Waals surface area contributed by atoms with Crippen LogP contribution in [0.1, 0.15) is 49.5 Å². The van der Waals surface area contributed by atoms with Crippen molar-refractivity contribution >= 4 is 11.6 Å². The van der Waals surface area contributed by atoms with E-state index in [0.29, 0.717) is 12.6 Å². The summed E-state index contributed by atoms with van der Waals surface area (Å²) >= 11 is 0. The third-order valence-corrected chi connectivity index (χ3v) is 5.47. The second kappa shape index (κ2) is 9.74. The number of rotatable bonds is 7. The molecule has 0 saturated carbocycles. The van der Waals surface area contributed by atoms with Gasteiger partial charge in [-0.05, 0) is 63.4 Å². The smallest absolute Gasteiger partial charge is 0.253 e. The predicted octanol–water partition coefficient (Wildman–Crippen LogP) is 4.74. The van der Waals surface area contributed by atoms with Gasteiger partial charge in [-0.15, -0.1) is 0 Å². The van der Waals surface area contributed by atoms with Gasteiger partial charge in [0.1, 0.15) is 0 Å². The summed E-state index contributed by atoms with van der Waals surface area (Å²) in [5.41, 5.74) is 3.14. The van der Waals surface area contributed by atoms with Crippen molar-refractivity contribution in [2.45, 2.75) is 52.4 Å². The molecule has 1 aliphatic heterocycles. The van der Waals surface area contributed by atoms with E-state index in [2.05, 4.69) is 49.9 Å². The van der Waals surface area contributed by atoms with Gasteiger partial charge in [-0.25, -0.2) is 0 Å². The number of hydrogen-bond donors (Lipinski definition) is 0. The van der Waals surface area contributed by atoms with Crippen molar-refractivity contribution in [1.29, 1.82) is 0 Å². The molecule has 28 heavy (non-hydrogen) atoms. The van der Waals surface area contributed by atoms with Crippen LogP contribution in [0.4, 0.5) is 5.69 Å². The molecule has 1 saturated heterocycles. The third kappa shape index (κ3) is 5.14. The lowest BCUT2D eigenvalue weighted by atomic mass is 10.1. The second-order valence-corrected chi connectivity index (χ2v) is 7.71. The monoisotopic (exact) mass is 380 g/mol. The van der Waals surface area contributed by atoms with Crippen LogP contribution in [0.15, 0.2) is 54.6 Å². The summed E-state index contributed by atoms with van der Waals surface area (Å²) < 4.78 is 6.04. The first kappa shape index (κ1) is 20.4. The van der Waals surface area contributed by atoms with Crippen LogP contribution in [0, 0.1) is 0 Å². The molecule has 150 valence electrons. The van der Waals surface area contributed by atoms with Gasteiger partial charge < -0.3 is 14.5 Å². The van der Waals surface area contributed by atoms with Crippen molar-refractivity contribution in [3.63, 3.8) is 0 Å². The first-order chi connectivity index (χ1) is 13.6. The normalized spacial score (nSPS) is 15.1. The highest BCUT2D eigenvalue weighted by molar-refractivity contribution is 5.94. The van der Waals surface area contributed by atoms with Crippen molar-refractivity contribution in [3.05, 3.63) is 65.7 Å². The summed E-state index contributed by atoms with van der Waals surface area (Å²) in [4.78, 5) is 17.1. The summed E-state index contributed by atoms with van der Waals surface area (Å²) in [7, 11) is 0. The first-order valence-electron chi connectivity index (χ1n) is 10.4. The number of likely N-dealkylation sites (tertiary alicyclic amines) is 1. The average Bonchev–Trinajstić information content (AvgIpc) is 2.74. The molecule has 1 amide bonds. The van der Waals surface area contributed by atoms with Gasteiger partial charge >= 0.3 is 0 Å². The van der Waals surface area contributed by atoms with Crippen molar-refractivity contribution in [1.82, 2.24) is 4.90 Å². The van der Waals surface area contributed by atoms with Gasteiger partial charge in [0.05, 0.1) is 12.7 Å². The summed E-state index contributed by atoms with van der Waals surface area (Å²) in [6, 6.07) is 18.7. The Morgan fingerprint density at radius 2 is 1.71 bits per heavy atom. The number of hydrogen-bond acceptors (Lipinski definition) is 3. The molecule has 2 aromatic rings. The van der Waals surface area contributed by atoms with Gasteiger partial charge in [-0.3, -0.25) is 4.79 Å². The maximum absolute atomic E-state index is 12.8. The standard InChI is InChI=1S/C24H32N2O2/c1-4-26(19(2)3)22-12-10-21(11-13-22)24(27)25-16-14-23(15-17-25)28-18-20-8-6-5-7-9-20/h5-13,19,23H,4,14-18H2,1-3H3. The molecule has 0 N–H and O–H groups in total. The van der Waals surface area contributed by atoms with E-state index in [-0.39, 0.29) is 12.0 Å². The number of benzene rings is 2. The first-order valence-corrected chi connectivity index (χ1v) is 10.4. The van der Waals surface area contributed by atoms with E-state index >= 15 is 0 Å². The van der Waals surface area contributed by atoms with Crippen LogP contribution >= 0.6 is 0 Å². The Bertz CT molecular complexity index is 735. The number of anilines is 1. The lowest BCUT2D eigenvalue weighted by Crippen LogP contribution is -2.40. The van der Waals surface area contributed by atoms with Crippen molar-refractivity contribution in [2.75, 3.05) is 24.5 Å². The Morgan fingerprint density at radius 1 is 1.07 bits per heavy atom. The average molecular weight is 381 g/mol. The fraction of sp³-hybridized carbons (Fsp3) is 0.458. The van der Waals surface area contributed by atoms with Crippen LogP contribution in [-0.4, -0.2) is 42.6 Å². The maximum Gasteiger partial charge on any atom is 0.253 e. The van der Waals surface area contributed by atoms with Crippen LogP contribution < -0.4 is 4.90 Å². The topological polar surface area (TPSA) is 32.8 Å². The molecule has 3 rings (SSSR count). The van der Waals surface area contributed by atoms with Crippen LogP contribution in [-0.2, 0) is 11.3 Å². The largest absolute Gasteiger partial charge is 0.373 e. The van der Waals surface area contributed by atoms with Gasteiger partial charge in [0.15, 0.2) is 0 Å². The number of nitrogens with zero attached hydrogens (tertiary/aromatic N) is 2. The quantitative estimate of drug-likeness (QED) is 0.695. The third-order valence-electron chi connectivity index (χ3n) is 5.47. The van der Waals surface area contributed by atoms with Gasteiger partial charge in [-0.1, -0.05) is 30.3 Å².